The third kappa shape index (κ3) is 3.36. The van der Waals surface area contributed by atoms with Crippen molar-refractivity contribution >= 4 is 21.4 Å². The van der Waals surface area contributed by atoms with E-state index in [0.717, 1.165) is 4.31 Å². The molecular weight excluding hydrogens is 330 g/mol. The van der Waals surface area contributed by atoms with Crippen LogP contribution in [0.3, 0.4) is 0 Å². The Morgan fingerprint density at radius 1 is 1.17 bits per heavy atom. The van der Waals surface area contributed by atoms with Crippen LogP contribution in [0.2, 0.25) is 0 Å². The molecule has 0 saturated heterocycles. The molecule has 0 aromatic heterocycles. The van der Waals surface area contributed by atoms with E-state index in [0.29, 0.717) is 5.69 Å². The minimum absolute atomic E-state index is 0.00208. The molecule has 0 N–H and O–H groups in total. The molecule has 0 unspecified atom stereocenters. The quantitative estimate of drug-likeness (QED) is 0.591. The first-order valence-electron chi connectivity index (χ1n) is 7.08. The summed E-state index contributed by atoms with van der Waals surface area (Å²) in [4.78, 5) is 10.3. The van der Waals surface area contributed by atoms with Crippen molar-refractivity contribution in [1.29, 1.82) is 5.26 Å². The molecule has 0 aliphatic rings. The molecule has 0 heterocycles. The van der Waals surface area contributed by atoms with Gasteiger partial charge in [0.2, 0.25) is 0 Å². The number of anilines is 1. The molecule has 0 saturated carbocycles. The summed E-state index contributed by atoms with van der Waals surface area (Å²) >= 11 is 0. The summed E-state index contributed by atoms with van der Waals surface area (Å²) in [5.74, 6) is 0. The number of benzene rings is 2. The van der Waals surface area contributed by atoms with Crippen molar-refractivity contribution in [1.82, 2.24) is 0 Å². The fourth-order valence-electron chi connectivity index (χ4n) is 2.33. The molecule has 0 radical (unpaired) electrons. The van der Waals surface area contributed by atoms with E-state index in [1.165, 1.54) is 25.1 Å². The van der Waals surface area contributed by atoms with Gasteiger partial charge in [0.1, 0.15) is 0 Å². The van der Waals surface area contributed by atoms with Crippen LogP contribution in [0.4, 0.5) is 11.4 Å². The second-order valence-electron chi connectivity index (χ2n) is 4.98. The molecule has 0 atom stereocenters. The summed E-state index contributed by atoms with van der Waals surface area (Å²) in [6.07, 6.45) is 0.00208. The van der Waals surface area contributed by atoms with Gasteiger partial charge in [-0.3, -0.25) is 14.4 Å². The van der Waals surface area contributed by atoms with Gasteiger partial charge >= 0.3 is 0 Å². The molecule has 0 aliphatic heterocycles. The minimum atomic E-state index is -4.04. The fourth-order valence-corrected chi connectivity index (χ4v) is 4.04. The minimum Gasteiger partial charge on any atom is -0.265 e. The van der Waals surface area contributed by atoms with Crippen molar-refractivity contribution in [3.8, 4) is 6.07 Å². The number of nitriles is 1. The van der Waals surface area contributed by atoms with Crippen LogP contribution in [0.5, 0.6) is 0 Å². The second-order valence-corrected chi connectivity index (χ2v) is 6.81. The van der Waals surface area contributed by atoms with Gasteiger partial charge in [-0.15, -0.1) is 0 Å². The predicted molar refractivity (Wildman–Crippen MR) is 89.0 cm³/mol. The predicted octanol–water partition coefficient (Wildman–Crippen LogP) is 3.01. The number of nitro benzene ring substituents is 1. The maximum absolute atomic E-state index is 13.0. The topological polar surface area (TPSA) is 104 Å². The van der Waals surface area contributed by atoms with E-state index in [2.05, 4.69) is 0 Å². The lowest BCUT2D eigenvalue weighted by atomic mass is 10.2. The van der Waals surface area contributed by atoms with Crippen molar-refractivity contribution in [2.75, 3.05) is 10.8 Å². The molecular formula is C16H15N3O4S. The molecule has 124 valence electrons. The van der Waals surface area contributed by atoms with E-state index < -0.39 is 14.9 Å². The number of sulfonamides is 1. The largest absolute Gasteiger partial charge is 0.273 e. The SMILES string of the molecule is Cc1c([N+](=O)[O-])cccc1S(=O)(=O)N(CCC#N)c1ccccc1. The van der Waals surface area contributed by atoms with Crippen LogP contribution in [-0.4, -0.2) is 19.9 Å². The first-order chi connectivity index (χ1) is 11.4. The summed E-state index contributed by atoms with van der Waals surface area (Å²) < 4.78 is 27.2. The third-order valence-electron chi connectivity index (χ3n) is 3.49. The Morgan fingerprint density at radius 2 is 1.83 bits per heavy atom. The van der Waals surface area contributed by atoms with Crippen molar-refractivity contribution in [3.05, 3.63) is 64.2 Å². The smallest absolute Gasteiger partial charge is 0.265 e. The number of nitro groups is 1. The van der Waals surface area contributed by atoms with Crippen LogP contribution >= 0.6 is 0 Å². The molecule has 2 rings (SSSR count). The summed E-state index contributed by atoms with van der Waals surface area (Å²) in [5.41, 5.74) is 0.211. The molecule has 7 nitrogen and oxygen atoms in total. The highest BCUT2D eigenvalue weighted by molar-refractivity contribution is 7.92. The van der Waals surface area contributed by atoms with E-state index in [1.807, 2.05) is 6.07 Å². The number of nitrogens with zero attached hydrogens (tertiary/aromatic N) is 3. The average molecular weight is 345 g/mol. The molecule has 0 amide bonds. The van der Waals surface area contributed by atoms with Gasteiger partial charge in [-0.05, 0) is 25.1 Å². The van der Waals surface area contributed by atoms with Crippen LogP contribution in [-0.2, 0) is 10.0 Å². The molecule has 2 aromatic carbocycles. The standard InChI is InChI=1S/C16H15N3O4S/c1-13-15(19(20)21)9-5-10-16(13)24(22,23)18(12-6-11-17)14-7-3-2-4-8-14/h2-5,7-10H,6,12H2,1H3. The highest BCUT2D eigenvalue weighted by Gasteiger charge is 2.29. The van der Waals surface area contributed by atoms with Gasteiger partial charge in [0, 0.05) is 18.2 Å². The Bertz CT molecular complexity index is 889. The van der Waals surface area contributed by atoms with Crippen LogP contribution in [0.25, 0.3) is 0 Å². The first-order valence-corrected chi connectivity index (χ1v) is 8.52. The molecule has 0 spiro atoms. The number of rotatable bonds is 6. The van der Waals surface area contributed by atoms with Gasteiger partial charge in [-0.1, -0.05) is 24.3 Å². The van der Waals surface area contributed by atoms with Crippen LogP contribution in [0.15, 0.2) is 53.4 Å². The molecule has 2 aromatic rings. The Morgan fingerprint density at radius 3 is 2.42 bits per heavy atom. The van der Waals surface area contributed by atoms with Crippen molar-refractivity contribution in [3.63, 3.8) is 0 Å². The van der Waals surface area contributed by atoms with E-state index in [9.17, 15) is 18.5 Å². The van der Waals surface area contributed by atoms with E-state index in [-0.39, 0.29) is 29.1 Å². The molecule has 0 aliphatic carbocycles. The van der Waals surface area contributed by atoms with E-state index >= 15 is 0 Å². The fraction of sp³-hybridized carbons (Fsp3) is 0.188. The highest BCUT2D eigenvalue weighted by atomic mass is 32.2. The van der Waals surface area contributed by atoms with E-state index in [1.54, 1.807) is 30.3 Å². The lowest BCUT2D eigenvalue weighted by Crippen LogP contribution is -2.32. The van der Waals surface area contributed by atoms with E-state index in [4.69, 9.17) is 5.26 Å². The number of hydrogen-bond acceptors (Lipinski definition) is 5. The highest BCUT2D eigenvalue weighted by Crippen LogP contribution is 2.30. The van der Waals surface area contributed by atoms with Crippen molar-refractivity contribution in [2.24, 2.45) is 0 Å². The van der Waals surface area contributed by atoms with Crippen LogP contribution in [0.1, 0.15) is 12.0 Å². The Hall–Kier alpha value is -2.92. The maximum atomic E-state index is 13.0. The van der Waals surface area contributed by atoms with Crippen LogP contribution < -0.4 is 4.31 Å². The van der Waals surface area contributed by atoms with Gasteiger partial charge in [-0.2, -0.15) is 5.26 Å². The summed E-state index contributed by atoms with van der Waals surface area (Å²) in [6, 6.07) is 14.2. The van der Waals surface area contributed by atoms with Crippen LogP contribution in [0, 0.1) is 28.4 Å². The van der Waals surface area contributed by atoms with Gasteiger partial charge in [-0.25, -0.2) is 8.42 Å². The maximum Gasteiger partial charge on any atom is 0.273 e. The number of hydrogen-bond donors (Lipinski definition) is 0. The van der Waals surface area contributed by atoms with Gasteiger partial charge in [0.25, 0.3) is 15.7 Å². The van der Waals surface area contributed by atoms with Gasteiger partial charge in [0.15, 0.2) is 0 Å². The monoisotopic (exact) mass is 345 g/mol. The molecule has 0 bridgehead atoms. The van der Waals surface area contributed by atoms with Gasteiger partial charge < -0.3 is 0 Å². The zero-order valence-corrected chi connectivity index (χ0v) is 13.7. The lowest BCUT2D eigenvalue weighted by molar-refractivity contribution is -0.385. The van der Waals surface area contributed by atoms with Crippen molar-refractivity contribution in [2.45, 2.75) is 18.2 Å². The zero-order valence-electron chi connectivity index (χ0n) is 12.9. The lowest BCUT2D eigenvalue weighted by Gasteiger charge is -2.24. The Balaban J connectivity index is 2.59. The zero-order chi connectivity index (χ0) is 17.7. The Labute approximate surface area is 140 Å². The molecule has 8 heteroatoms. The molecule has 24 heavy (non-hydrogen) atoms. The van der Waals surface area contributed by atoms with Crippen molar-refractivity contribution < 1.29 is 13.3 Å². The number of para-hydroxylation sites is 1. The first kappa shape index (κ1) is 17.4. The van der Waals surface area contributed by atoms with Gasteiger partial charge in [0.05, 0.1) is 28.0 Å². The second kappa shape index (κ2) is 7.10. The molecule has 0 fully saturated rings. The Kier molecular flexibility index (Phi) is 5.16. The summed E-state index contributed by atoms with van der Waals surface area (Å²) in [7, 11) is -4.04. The normalized spacial score (nSPS) is 10.8. The summed E-state index contributed by atoms with van der Waals surface area (Å²) in [6.45, 7) is 1.36. The average Bonchev–Trinajstić information content (AvgIpc) is 2.55. The third-order valence-corrected chi connectivity index (χ3v) is 5.46. The summed E-state index contributed by atoms with van der Waals surface area (Å²) in [5, 5.41) is 19.9.